The number of aromatic nitrogens is 1. The minimum absolute atomic E-state index is 0.385. The number of para-hydroxylation sites is 2. The van der Waals surface area contributed by atoms with E-state index in [9.17, 15) is 0 Å². The molecular formula is C52H36N2S. The monoisotopic (exact) mass is 720 g/mol. The van der Waals surface area contributed by atoms with Crippen LogP contribution in [-0.2, 0) is 0 Å². The molecule has 2 aliphatic rings. The Morgan fingerprint density at radius 1 is 0.436 bits per heavy atom. The molecule has 11 rings (SSSR count). The van der Waals surface area contributed by atoms with E-state index < -0.39 is 0 Å². The number of nitrogens with zero attached hydrogens (tertiary/aromatic N) is 2. The highest BCUT2D eigenvalue weighted by Crippen LogP contribution is 2.52. The van der Waals surface area contributed by atoms with Crippen LogP contribution in [0.25, 0.3) is 55.8 Å². The number of fused-ring (bicyclic) bond motifs is 8. The highest BCUT2D eigenvalue weighted by Gasteiger charge is 2.36. The van der Waals surface area contributed by atoms with E-state index in [1.807, 2.05) is 11.8 Å². The van der Waals surface area contributed by atoms with Gasteiger partial charge in [-0.25, -0.2) is 0 Å². The number of rotatable bonds is 6. The van der Waals surface area contributed by atoms with Crippen molar-refractivity contribution in [1.82, 2.24) is 4.57 Å². The van der Waals surface area contributed by atoms with Gasteiger partial charge in [-0.3, -0.25) is 0 Å². The van der Waals surface area contributed by atoms with Crippen LogP contribution in [0.4, 0.5) is 17.1 Å². The number of hydrogen-bond donors (Lipinski definition) is 0. The molecule has 0 N–H and O–H groups in total. The Hall–Kier alpha value is -6.55. The second-order valence-corrected chi connectivity index (χ2v) is 15.7. The second kappa shape index (κ2) is 13.1. The lowest BCUT2D eigenvalue weighted by Gasteiger charge is -2.27. The molecule has 8 aromatic carbocycles. The van der Waals surface area contributed by atoms with Crippen molar-refractivity contribution in [1.29, 1.82) is 0 Å². The Morgan fingerprint density at radius 3 is 1.96 bits per heavy atom. The van der Waals surface area contributed by atoms with Crippen molar-refractivity contribution >= 4 is 56.7 Å². The van der Waals surface area contributed by atoms with E-state index in [0.29, 0.717) is 11.2 Å². The first-order valence-corrected chi connectivity index (χ1v) is 19.9. The fourth-order valence-corrected chi connectivity index (χ4v) is 10.1. The van der Waals surface area contributed by atoms with Crippen LogP contribution < -0.4 is 4.90 Å². The van der Waals surface area contributed by atoms with Crippen molar-refractivity contribution in [3.63, 3.8) is 0 Å². The fourth-order valence-electron chi connectivity index (χ4n) is 8.77. The summed E-state index contributed by atoms with van der Waals surface area (Å²) in [6, 6.07) is 71.0. The molecule has 2 heterocycles. The van der Waals surface area contributed by atoms with Crippen LogP contribution in [0.15, 0.2) is 205 Å². The van der Waals surface area contributed by atoms with Crippen LogP contribution in [0.2, 0.25) is 0 Å². The molecular weight excluding hydrogens is 685 g/mol. The average Bonchev–Trinajstić information content (AvgIpc) is 3.81. The van der Waals surface area contributed by atoms with Crippen LogP contribution in [0, 0.1) is 0 Å². The van der Waals surface area contributed by atoms with Crippen LogP contribution in [0.3, 0.4) is 0 Å². The van der Waals surface area contributed by atoms with Crippen LogP contribution in [-0.4, -0.2) is 9.82 Å². The van der Waals surface area contributed by atoms with E-state index in [1.54, 1.807) is 0 Å². The zero-order chi connectivity index (χ0) is 36.3. The van der Waals surface area contributed by atoms with Gasteiger partial charge >= 0.3 is 0 Å². The van der Waals surface area contributed by atoms with Crippen molar-refractivity contribution in [3.8, 4) is 27.9 Å². The van der Waals surface area contributed by atoms with Gasteiger partial charge in [0.25, 0.3) is 0 Å². The van der Waals surface area contributed by atoms with Crippen molar-refractivity contribution in [2.45, 2.75) is 16.1 Å². The maximum Gasteiger partial charge on any atom is 0.0542 e. The Labute approximate surface area is 325 Å². The van der Waals surface area contributed by atoms with E-state index >= 15 is 0 Å². The molecule has 0 saturated heterocycles. The highest BCUT2D eigenvalue weighted by molar-refractivity contribution is 8.00. The van der Waals surface area contributed by atoms with Crippen molar-refractivity contribution in [2.75, 3.05) is 4.90 Å². The molecule has 1 aliphatic carbocycles. The Balaban J connectivity index is 1.03. The third-order valence-electron chi connectivity index (χ3n) is 11.3. The molecule has 0 bridgehead atoms. The summed E-state index contributed by atoms with van der Waals surface area (Å²) < 4.78 is 2.38. The minimum atomic E-state index is 0.385. The van der Waals surface area contributed by atoms with Gasteiger partial charge in [0, 0.05) is 49.6 Å². The third kappa shape index (κ3) is 5.42. The van der Waals surface area contributed by atoms with Crippen molar-refractivity contribution in [3.05, 3.63) is 217 Å². The Morgan fingerprint density at radius 2 is 1.09 bits per heavy atom. The number of hydrogen-bond acceptors (Lipinski definition) is 2. The normalized spacial score (nSPS) is 15.5. The van der Waals surface area contributed by atoms with E-state index in [1.165, 1.54) is 65.6 Å². The van der Waals surface area contributed by atoms with Gasteiger partial charge in [0.05, 0.1) is 11.0 Å². The summed E-state index contributed by atoms with van der Waals surface area (Å²) in [6.07, 6.45) is 4.71. The topological polar surface area (TPSA) is 8.17 Å². The average molecular weight is 721 g/mol. The van der Waals surface area contributed by atoms with Gasteiger partial charge in [-0.1, -0.05) is 133 Å². The predicted octanol–water partition coefficient (Wildman–Crippen LogP) is 14.2. The molecule has 55 heavy (non-hydrogen) atoms. The van der Waals surface area contributed by atoms with Crippen LogP contribution in [0.5, 0.6) is 0 Å². The second-order valence-electron chi connectivity index (χ2n) is 14.5. The Kier molecular flexibility index (Phi) is 7.60. The first-order chi connectivity index (χ1) is 27.3. The van der Waals surface area contributed by atoms with Crippen molar-refractivity contribution in [2.24, 2.45) is 0 Å². The van der Waals surface area contributed by atoms with Gasteiger partial charge in [0.2, 0.25) is 0 Å². The lowest BCUT2D eigenvalue weighted by Crippen LogP contribution is -2.14. The molecule has 0 fully saturated rings. The molecule has 2 atom stereocenters. The molecule has 2 nitrogen and oxygen atoms in total. The molecule has 9 aromatic rings. The van der Waals surface area contributed by atoms with Gasteiger partial charge in [-0.15, -0.1) is 11.8 Å². The third-order valence-corrected chi connectivity index (χ3v) is 12.7. The van der Waals surface area contributed by atoms with E-state index in [2.05, 4.69) is 216 Å². The summed E-state index contributed by atoms with van der Waals surface area (Å²) in [5.41, 5.74) is 16.0. The first kappa shape index (κ1) is 31.9. The van der Waals surface area contributed by atoms with Gasteiger partial charge in [-0.2, -0.15) is 0 Å². The molecule has 3 heteroatoms. The zero-order valence-corrected chi connectivity index (χ0v) is 30.9. The molecule has 0 amide bonds. The number of benzene rings is 8. The summed E-state index contributed by atoms with van der Waals surface area (Å²) in [7, 11) is 0. The molecule has 0 spiro atoms. The minimum Gasteiger partial charge on any atom is -0.310 e. The van der Waals surface area contributed by atoms with Crippen LogP contribution in [0.1, 0.15) is 22.6 Å². The standard InChI is InChI=1S/C52H36N2S/c1-3-12-35(13-4-1)38-14-11-17-42(32-38)53(43-29-30-49-47(34-43)44-18-7-9-20-48(44)54(49)40-15-5-2-6-16-40)41-27-24-36(25-28-41)39-23-22-37-26-31-51-52(46(37)33-39)45-19-8-10-21-50(45)55-51/h1-34,51-52H. The smallest absolute Gasteiger partial charge is 0.0542 e. The summed E-state index contributed by atoms with van der Waals surface area (Å²) >= 11 is 1.99. The molecule has 0 radical (unpaired) electrons. The summed E-state index contributed by atoms with van der Waals surface area (Å²) in [5.74, 6) is 0.385. The summed E-state index contributed by atoms with van der Waals surface area (Å²) in [5, 5.41) is 2.91. The molecule has 2 unspecified atom stereocenters. The largest absolute Gasteiger partial charge is 0.310 e. The highest BCUT2D eigenvalue weighted by atomic mass is 32.2. The lowest BCUT2D eigenvalue weighted by atomic mass is 9.81. The summed E-state index contributed by atoms with van der Waals surface area (Å²) in [6.45, 7) is 0. The quantitative estimate of drug-likeness (QED) is 0.169. The van der Waals surface area contributed by atoms with Gasteiger partial charge in [0.1, 0.15) is 0 Å². The lowest BCUT2D eigenvalue weighted by molar-refractivity contribution is 0.844. The maximum atomic E-state index is 2.44. The fraction of sp³-hybridized carbons (Fsp3) is 0.0385. The molecule has 260 valence electrons. The van der Waals surface area contributed by atoms with Crippen LogP contribution >= 0.6 is 11.8 Å². The molecule has 1 aliphatic heterocycles. The van der Waals surface area contributed by atoms with Gasteiger partial charge < -0.3 is 9.47 Å². The Bertz CT molecular complexity index is 2910. The number of anilines is 3. The van der Waals surface area contributed by atoms with E-state index in [0.717, 1.165) is 22.7 Å². The number of thioether (sulfide) groups is 1. The molecule has 1 aromatic heterocycles. The zero-order valence-electron chi connectivity index (χ0n) is 30.1. The van der Waals surface area contributed by atoms with Gasteiger partial charge in [0.15, 0.2) is 0 Å². The van der Waals surface area contributed by atoms with Gasteiger partial charge in [-0.05, 0) is 112 Å². The first-order valence-electron chi connectivity index (χ1n) is 19.0. The summed E-state index contributed by atoms with van der Waals surface area (Å²) in [4.78, 5) is 3.81. The van der Waals surface area contributed by atoms with Crippen molar-refractivity contribution < 1.29 is 0 Å². The molecule has 0 saturated carbocycles. The SMILES string of the molecule is C1=CC2Sc3ccccc3C2c2cc(-c3ccc(N(c4cccc(-c5ccccc5)c4)c4ccc5c(c4)c4ccccc4n5-c4ccccc4)cc3)ccc21. The maximum absolute atomic E-state index is 2.44. The van der Waals surface area contributed by atoms with E-state index in [4.69, 9.17) is 0 Å². The predicted molar refractivity (Wildman–Crippen MR) is 233 cm³/mol. The van der Waals surface area contributed by atoms with E-state index in [-0.39, 0.29) is 0 Å².